The number of nitrogens with zero attached hydrogens (tertiary/aromatic N) is 2. The molecule has 37 heavy (non-hydrogen) atoms. The Morgan fingerprint density at radius 1 is 0.892 bits per heavy atom. The van der Waals surface area contributed by atoms with Crippen molar-refractivity contribution >= 4 is 28.3 Å². The molecule has 0 bridgehead atoms. The first-order valence-corrected chi connectivity index (χ1v) is 13.1. The lowest BCUT2D eigenvalue weighted by Gasteiger charge is -2.22. The van der Waals surface area contributed by atoms with Crippen molar-refractivity contribution in [1.82, 2.24) is 10.3 Å². The van der Waals surface area contributed by atoms with Crippen molar-refractivity contribution in [3.05, 3.63) is 118 Å². The molecule has 4 rings (SSSR count). The first-order chi connectivity index (χ1) is 17.9. The van der Waals surface area contributed by atoms with Crippen LogP contribution in [0.2, 0.25) is 0 Å². The van der Waals surface area contributed by atoms with Gasteiger partial charge in [-0.3, -0.25) is 4.79 Å². The molecule has 0 saturated heterocycles. The summed E-state index contributed by atoms with van der Waals surface area (Å²) in [6.07, 6.45) is 1.13. The van der Waals surface area contributed by atoms with Gasteiger partial charge in [-0.1, -0.05) is 72.8 Å². The van der Waals surface area contributed by atoms with Crippen molar-refractivity contribution in [3.63, 3.8) is 0 Å². The number of hydrogen-bond donors (Lipinski definition) is 2. The number of carbonyl (C=O) groups is 2. The van der Waals surface area contributed by atoms with Crippen molar-refractivity contribution < 1.29 is 14.7 Å². The van der Waals surface area contributed by atoms with Crippen LogP contribution in [-0.4, -0.2) is 34.6 Å². The summed E-state index contributed by atoms with van der Waals surface area (Å²) >= 11 is 1.69. The molecule has 1 heterocycles. The van der Waals surface area contributed by atoms with E-state index >= 15 is 0 Å². The third-order valence-electron chi connectivity index (χ3n) is 6.28. The minimum Gasteiger partial charge on any atom is -0.480 e. The van der Waals surface area contributed by atoms with Crippen LogP contribution in [0.3, 0.4) is 0 Å². The Hall–Kier alpha value is -3.97. The number of hydrogen-bond acceptors (Lipinski definition) is 5. The number of aryl methyl sites for hydroxylation is 2. The van der Waals surface area contributed by atoms with Crippen LogP contribution in [0.1, 0.15) is 37.6 Å². The minimum atomic E-state index is -1.06. The Morgan fingerprint density at radius 3 is 2.08 bits per heavy atom. The number of anilines is 1. The van der Waals surface area contributed by atoms with Gasteiger partial charge in [-0.05, 0) is 49.1 Å². The minimum absolute atomic E-state index is 0.225. The first-order valence-electron chi connectivity index (χ1n) is 12.3. The predicted molar refractivity (Wildman–Crippen MR) is 148 cm³/mol. The van der Waals surface area contributed by atoms with Gasteiger partial charge in [0.2, 0.25) is 0 Å². The highest BCUT2D eigenvalue weighted by Gasteiger charge is 2.21. The molecule has 0 radical (unpaired) electrons. The number of amides is 1. The summed E-state index contributed by atoms with van der Waals surface area (Å²) in [6, 6.07) is 26.0. The second-order valence-electron chi connectivity index (χ2n) is 9.05. The zero-order valence-electron chi connectivity index (χ0n) is 21.1. The maximum atomic E-state index is 12.8. The average molecular weight is 514 g/mol. The van der Waals surface area contributed by atoms with Crippen LogP contribution in [0.25, 0.3) is 0 Å². The first kappa shape index (κ1) is 26.1. The maximum absolute atomic E-state index is 12.8. The van der Waals surface area contributed by atoms with E-state index in [2.05, 4.69) is 41.4 Å². The van der Waals surface area contributed by atoms with E-state index in [1.54, 1.807) is 23.5 Å². The van der Waals surface area contributed by atoms with E-state index in [9.17, 15) is 14.7 Å². The van der Waals surface area contributed by atoms with Crippen molar-refractivity contribution in [2.75, 3.05) is 11.4 Å². The lowest BCUT2D eigenvalue weighted by atomic mass is 10.0. The molecule has 1 amide bonds. The largest absolute Gasteiger partial charge is 0.480 e. The quantitative estimate of drug-likeness (QED) is 0.279. The SMILES string of the molecule is Cc1nc(N(CCc2ccccc2)Cc2ccc(C(=O)NC(Cc3ccccc3)C(=O)O)cc2)sc1C. The van der Waals surface area contributed by atoms with Gasteiger partial charge >= 0.3 is 5.97 Å². The summed E-state index contributed by atoms with van der Waals surface area (Å²) in [5.74, 6) is -1.46. The Balaban J connectivity index is 1.43. The summed E-state index contributed by atoms with van der Waals surface area (Å²) in [7, 11) is 0. The number of thiazole rings is 1. The number of nitrogens with one attached hydrogen (secondary N) is 1. The lowest BCUT2D eigenvalue weighted by Crippen LogP contribution is -2.42. The van der Waals surface area contributed by atoms with Crippen LogP contribution < -0.4 is 10.2 Å². The molecule has 3 aromatic carbocycles. The standard InChI is InChI=1S/C30H31N3O3S/c1-21-22(2)37-30(31-21)33(18-17-23-9-5-3-6-10-23)20-25-13-15-26(16-14-25)28(34)32-27(29(35)36)19-24-11-7-4-8-12-24/h3-16,27H,17-20H2,1-2H3,(H,32,34)(H,35,36). The second-order valence-corrected chi connectivity index (χ2v) is 10.2. The number of aliphatic carboxylic acids is 1. The van der Waals surface area contributed by atoms with E-state index in [1.165, 1.54) is 10.4 Å². The van der Waals surface area contributed by atoms with E-state index in [4.69, 9.17) is 4.98 Å². The molecule has 0 saturated carbocycles. The number of carboxylic acid groups (broad SMARTS) is 1. The molecule has 190 valence electrons. The Labute approximate surface area is 221 Å². The zero-order valence-corrected chi connectivity index (χ0v) is 21.9. The van der Waals surface area contributed by atoms with Gasteiger partial charge < -0.3 is 15.3 Å². The predicted octanol–water partition coefficient (Wildman–Crippen LogP) is 5.43. The Bertz CT molecular complexity index is 1300. The molecule has 0 aliphatic carbocycles. The summed E-state index contributed by atoms with van der Waals surface area (Å²) < 4.78 is 0. The van der Waals surface area contributed by atoms with Gasteiger partial charge in [-0.15, -0.1) is 11.3 Å². The van der Waals surface area contributed by atoms with Gasteiger partial charge in [0.05, 0.1) is 5.69 Å². The monoisotopic (exact) mass is 513 g/mol. The van der Waals surface area contributed by atoms with Crippen molar-refractivity contribution in [3.8, 4) is 0 Å². The highest BCUT2D eigenvalue weighted by Crippen LogP contribution is 2.27. The fourth-order valence-corrected chi connectivity index (χ4v) is 4.95. The van der Waals surface area contributed by atoms with Crippen molar-refractivity contribution in [1.29, 1.82) is 0 Å². The molecule has 7 heteroatoms. The van der Waals surface area contributed by atoms with Gasteiger partial charge in [0, 0.05) is 30.0 Å². The number of carboxylic acids is 1. The maximum Gasteiger partial charge on any atom is 0.326 e. The lowest BCUT2D eigenvalue weighted by molar-refractivity contribution is -0.139. The molecule has 6 nitrogen and oxygen atoms in total. The zero-order chi connectivity index (χ0) is 26.2. The molecule has 4 aromatic rings. The smallest absolute Gasteiger partial charge is 0.326 e. The van der Waals surface area contributed by atoms with Crippen molar-refractivity contribution in [2.24, 2.45) is 0 Å². The van der Waals surface area contributed by atoms with Gasteiger partial charge in [-0.2, -0.15) is 0 Å². The number of benzene rings is 3. The fraction of sp³-hybridized carbons (Fsp3) is 0.233. The summed E-state index contributed by atoms with van der Waals surface area (Å²) in [4.78, 5) is 32.8. The van der Waals surface area contributed by atoms with Crippen LogP contribution in [0.5, 0.6) is 0 Å². The van der Waals surface area contributed by atoms with Gasteiger partial charge in [-0.25, -0.2) is 9.78 Å². The highest BCUT2D eigenvalue weighted by molar-refractivity contribution is 7.15. The summed E-state index contributed by atoms with van der Waals surface area (Å²) in [5, 5.41) is 13.3. The molecule has 0 spiro atoms. The molecule has 1 aromatic heterocycles. The fourth-order valence-electron chi connectivity index (χ4n) is 4.02. The normalized spacial score (nSPS) is 11.6. The number of aromatic nitrogens is 1. The van der Waals surface area contributed by atoms with E-state index < -0.39 is 17.9 Å². The average Bonchev–Trinajstić information content (AvgIpc) is 3.25. The van der Waals surface area contributed by atoms with E-state index in [0.29, 0.717) is 12.1 Å². The molecule has 0 aliphatic heterocycles. The van der Waals surface area contributed by atoms with E-state index in [-0.39, 0.29) is 6.42 Å². The van der Waals surface area contributed by atoms with Gasteiger partial charge in [0.25, 0.3) is 5.91 Å². The van der Waals surface area contributed by atoms with Crippen LogP contribution in [0.4, 0.5) is 5.13 Å². The summed E-state index contributed by atoms with van der Waals surface area (Å²) in [6.45, 7) is 5.59. The Kier molecular flexibility index (Phi) is 8.69. The van der Waals surface area contributed by atoms with Crippen molar-refractivity contribution in [2.45, 2.75) is 39.3 Å². The van der Waals surface area contributed by atoms with Crippen LogP contribution in [-0.2, 0) is 24.2 Å². The molecule has 0 aliphatic rings. The third-order valence-corrected chi connectivity index (χ3v) is 7.41. The third kappa shape index (κ3) is 7.27. The van der Waals surface area contributed by atoms with Gasteiger partial charge in [0.1, 0.15) is 6.04 Å². The number of rotatable bonds is 11. The van der Waals surface area contributed by atoms with Crippen LogP contribution in [0, 0.1) is 13.8 Å². The molecule has 0 fully saturated rings. The molecular formula is C30H31N3O3S. The molecule has 1 unspecified atom stereocenters. The number of carbonyl (C=O) groups excluding carboxylic acids is 1. The molecule has 2 N–H and O–H groups in total. The molecular weight excluding hydrogens is 482 g/mol. The van der Waals surface area contributed by atoms with E-state index in [1.807, 2.05) is 55.5 Å². The highest BCUT2D eigenvalue weighted by atomic mass is 32.1. The topological polar surface area (TPSA) is 82.5 Å². The van der Waals surface area contributed by atoms with Crippen LogP contribution >= 0.6 is 11.3 Å². The van der Waals surface area contributed by atoms with E-state index in [0.717, 1.165) is 34.9 Å². The van der Waals surface area contributed by atoms with Crippen LogP contribution in [0.15, 0.2) is 84.9 Å². The van der Waals surface area contributed by atoms with Gasteiger partial charge in [0.15, 0.2) is 5.13 Å². The summed E-state index contributed by atoms with van der Waals surface area (Å²) in [5.41, 5.74) is 4.65. The second kappa shape index (κ2) is 12.3. The Morgan fingerprint density at radius 2 is 1.51 bits per heavy atom. The molecule has 1 atom stereocenters.